The van der Waals surface area contributed by atoms with Gasteiger partial charge in [-0.3, -0.25) is 0 Å². The van der Waals surface area contributed by atoms with E-state index in [1.807, 2.05) is 25.1 Å². The first kappa shape index (κ1) is 15.8. The smallest absolute Gasteiger partial charge is 0.165 e. The van der Waals surface area contributed by atoms with Crippen LogP contribution in [-0.2, 0) is 6.54 Å². The highest BCUT2D eigenvalue weighted by atomic mass is 19.1. The second-order valence-corrected chi connectivity index (χ2v) is 5.61. The summed E-state index contributed by atoms with van der Waals surface area (Å²) in [6.45, 7) is 3.54. The van der Waals surface area contributed by atoms with Gasteiger partial charge in [-0.05, 0) is 30.7 Å². The number of benzene rings is 2. The highest BCUT2D eigenvalue weighted by Gasteiger charge is 2.19. The molecule has 2 N–H and O–H groups in total. The first-order valence-electron chi connectivity index (χ1n) is 7.69. The Balaban J connectivity index is 1.65. The molecule has 0 aromatic heterocycles. The van der Waals surface area contributed by atoms with E-state index < -0.39 is 6.10 Å². The normalized spacial score (nSPS) is 16.0. The predicted octanol–water partition coefficient (Wildman–Crippen LogP) is 2.81. The van der Waals surface area contributed by atoms with Gasteiger partial charge in [-0.15, -0.1) is 0 Å². The van der Waals surface area contributed by atoms with Crippen LogP contribution >= 0.6 is 0 Å². The molecule has 2 atom stereocenters. The van der Waals surface area contributed by atoms with Crippen molar-refractivity contribution in [1.29, 1.82) is 0 Å². The summed E-state index contributed by atoms with van der Waals surface area (Å²) >= 11 is 0. The van der Waals surface area contributed by atoms with E-state index in [1.54, 1.807) is 12.1 Å². The maximum Gasteiger partial charge on any atom is 0.165 e. The molecular weight excluding hydrogens is 297 g/mol. The van der Waals surface area contributed by atoms with E-state index in [1.165, 1.54) is 12.1 Å². The molecule has 0 bridgehead atoms. The van der Waals surface area contributed by atoms with Crippen molar-refractivity contribution in [1.82, 2.24) is 5.32 Å². The number of aliphatic hydroxyl groups is 1. The quantitative estimate of drug-likeness (QED) is 0.890. The van der Waals surface area contributed by atoms with Crippen LogP contribution in [0.4, 0.5) is 4.39 Å². The number of aliphatic hydroxyl groups excluding tert-OH is 1. The Morgan fingerprint density at radius 1 is 1.13 bits per heavy atom. The largest absolute Gasteiger partial charge is 0.486 e. The van der Waals surface area contributed by atoms with Gasteiger partial charge in [0, 0.05) is 18.2 Å². The predicted molar refractivity (Wildman–Crippen MR) is 85.1 cm³/mol. The SMILES string of the molecule is CC(NCc1cccc2c1OCCO2)C(O)c1ccc(F)cc1. The molecule has 0 radical (unpaired) electrons. The summed E-state index contributed by atoms with van der Waals surface area (Å²) in [5.41, 5.74) is 1.67. The average molecular weight is 317 g/mol. The van der Waals surface area contributed by atoms with Crippen LogP contribution in [0.5, 0.6) is 11.5 Å². The zero-order valence-corrected chi connectivity index (χ0v) is 13.0. The Kier molecular flexibility index (Phi) is 4.79. The number of ether oxygens (including phenoxy) is 2. The van der Waals surface area contributed by atoms with Gasteiger partial charge < -0.3 is 19.9 Å². The number of hydrogen-bond donors (Lipinski definition) is 2. The van der Waals surface area contributed by atoms with Gasteiger partial charge in [0.2, 0.25) is 0 Å². The van der Waals surface area contributed by atoms with Crippen LogP contribution < -0.4 is 14.8 Å². The fourth-order valence-corrected chi connectivity index (χ4v) is 2.60. The van der Waals surface area contributed by atoms with Gasteiger partial charge in [-0.25, -0.2) is 4.39 Å². The molecule has 122 valence electrons. The first-order valence-corrected chi connectivity index (χ1v) is 7.69. The molecule has 3 rings (SSSR count). The lowest BCUT2D eigenvalue weighted by atomic mass is 10.0. The molecule has 1 heterocycles. The van der Waals surface area contributed by atoms with E-state index in [0.29, 0.717) is 25.3 Å². The lowest BCUT2D eigenvalue weighted by Gasteiger charge is -2.24. The van der Waals surface area contributed by atoms with Crippen molar-refractivity contribution in [3.8, 4) is 11.5 Å². The van der Waals surface area contributed by atoms with Crippen LogP contribution in [0.1, 0.15) is 24.2 Å². The second-order valence-electron chi connectivity index (χ2n) is 5.61. The Hall–Kier alpha value is -2.11. The summed E-state index contributed by atoms with van der Waals surface area (Å²) in [6.07, 6.45) is -0.715. The monoisotopic (exact) mass is 317 g/mol. The zero-order chi connectivity index (χ0) is 16.2. The minimum absolute atomic E-state index is 0.194. The number of halogens is 1. The van der Waals surface area contributed by atoms with Gasteiger partial charge in [-0.2, -0.15) is 0 Å². The molecule has 0 amide bonds. The Morgan fingerprint density at radius 2 is 1.87 bits per heavy atom. The van der Waals surface area contributed by atoms with Crippen LogP contribution in [0.3, 0.4) is 0 Å². The second kappa shape index (κ2) is 6.98. The van der Waals surface area contributed by atoms with Gasteiger partial charge in [0.1, 0.15) is 19.0 Å². The van der Waals surface area contributed by atoms with Crippen molar-refractivity contribution in [3.63, 3.8) is 0 Å². The maximum atomic E-state index is 13.0. The molecule has 0 spiro atoms. The third-order valence-electron chi connectivity index (χ3n) is 3.95. The van der Waals surface area contributed by atoms with Crippen LogP contribution in [0.2, 0.25) is 0 Å². The summed E-state index contributed by atoms with van der Waals surface area (Å²) in [7, 11) is 0. The van der Waals surface area contributed by atoms with Crippen LogP contribution in [0.25, 0.3) is 0 Å². The minimum atomic E-state index is -0.715. The van der Waals surface area contributed by atoms with Crippen LogP contribution in [0, 0.1) is 5.82 Å². The van der Waals surface area contributed by atoms with Crippen molar-refractivity contribution in [2.45, 2.75) is 25.6 Å². The molecule has 0 fully saturated rings. The van der Waals surface area contributed by atoms with Crippen molar-refractivity contribution in [2.75, 3.05) is 13.2 Å². The average Bonchev–Trinajstić information content (AvgIpc) is 2.59. The standard InChI is InChI=1S/C18H20FNO3/c1-12(17(21)13-5-7-15(19)8-6-13)20-11-14-3-2-4-16-18(14)23-10-9-22-16/h2-8,12,17,20-21H,9-11H2,1H3. The lowest BCUT2D eigenvalue weighted by Crippen LogP contribution is -2.32. The van der Waals surface area contributed by atoms with Crippen molar-refractivity contribution >= 4 is 0 Å². The van der Waals surface area contributed by atoms with E-state index in [9.17, 15) is 9.50 Å². The van der Waals surface area contributed by atoms with Crippen molar-refractivity contribution < 1.29 is 19.0 Å². The lowest BCUT2D eigenvalue weighted by molar-refractivity contribution is 0.134. The summed E-state index contributed by atoms with van der Waals surface area (Å²) in [5, 5.41) is 13.6. The fourth-order valence-electron chi connectivity index (χ4n) is 2.60. The van der Waals surface area contributed by atoms with Gasteiger partial charge in [-0.1, -0.05) is 24.3 Å². The van der Waals surface area contributed by atoms with E-state index in [2.05, 4.69) is 5.32 Å². The summed E-state index contributed by atoms with van der Waals surface area (Å²) < 4.78 is 24.2. The molecule has 4 nitrogen and oxygen atoms in total. The van der Waals surface area contributed by atoms with Gasteiger partial charge in [0.15, 0.2) is 11.5 Å². The van der Waals surface area contributed by atoms with E-state index in [0.717, 1.165) is 17.1 Å². The molecule has 0 saturated carbocycles. The molecule has 0 aliphatic carbocycles. The van der Waals surface area contributed by atoms with Crippen molar-refractivity contribution in [3.05, 3.63) is 59.4 Å². The molecular formula is C18H20FNO3. The molecule has 1 aliphatic heterocycles. The number of para-hydroxylation sites is 1. The molecule has 2 aromatic rings. The molecule has 1 aliphatic rings. The number of hydrogen-bond acceptors (Lipinski definition) is 4. The highest BCUT2D eigenvalue weighted by molar-refractivity contribution is 5.47. The minimum Gasteiger partial charge on any atom is -0.486 e. The van der Waals surface area contributed by atoms with Gasteiger partial charge in [0.05, 0.1) is 6.10 Å². The first-order chi connectivity index (χ1) is 11.1. The highest BCUT2D eigenvalue weighted by Crippen LogP contribution is 2.33. The number of nitrogens with one attached hydrogen (secondary N) is 1. The zero-order valence-electron chi connectivity index (χ0n) is 13.0. The van der Waals surface area contributed by atoms with Crippen LogP contribution in [0.15, 0.2) is 42.5 Å². The van der Waals surface area contributed by atoms with Crippen molar-refractivity contribution in [2.24, 2.45) is 0 Å². The molecule has 2 aromatic carbocycles. The molecule has 5 heteroatoms. The summed E-state index contributed by atoms with van der Waals surface area (Å²) in [6, 6.07) is 11.5. The number of rotatable bonds is 5. The topological polar surface area (TPSA) is 50.7 Å². The number of fused-ring (bicyclic) bond motifs is 1. The van der Waals surface area contributed by atoms with Crippen LogP contribution in [-0.4, -0.2) is 24.4 Å². The third-order valence-corrected chi connectivity index (χ3v) is 3.95. The Morgan fingerprint density at radius 3 is 2.65 bits per heavy atom. The fraction of sp³-hybridized carbons (Fsp3) is 0.333. The Labute approximate surface area is 134 Å². The Bertz CT molecular complexity index is 660. The molecule has 23 heavy (non-hydrogen) atoms. The maximum absolute atomic E-state index is 13.0. The van der Waals surface area contributed by atoms with Gasteiger partial charge >= 0.3 is 0 Å². The van der Waals surface area contributed by atoms with E-state index in [-0.39, 0.29) is 11.9 Å². The van der Waals surface area contributed by atoms with E-state index in [4.69, 9.17) is 9.47 Å². The summed E-state index contributed by atoms with van der Waals surface area (Å²) in [5.74, 6) is 1.20. The molecule has 0 saturated heterocycles. The van der Waals surface area contributed by atoms with Gasteiger partial charge in [0.25, 0.3) is 0 Å². The molecule has 2 unspecified atom stereocenters. The third kappa shape index (κ3) is 3.63. The summed E-state index contributed by atoms with van der Waals surface area (Å²) in [4.78, 5) is 0. The van der Waals surface area contributed by atoms with E-state index >= 15 is 0 Å².